The molecule has 0 saturated carbocycles. The Morgan fingerprint density at radius 2 is 2.12 bits per heavy atom. The number of hydrogen-bond acceptors (Lipinski definition) is 7. The lowest BCUT2D eigenvalue weighted by molar-refractivity contribution is -0.145. The minimum absolute atomic E-state index is 0.0729. The van der Waals surface area contributed by atoms with Crippen LogP contribution in [0.25, 0.3) is 0 Å². The number of fused-ring (bicyclic) bond motifs is 2. The van der Waals surface area contributed by atoms with Crippen LogP contribution in [0.4, 0.5) is 5.69 Å². The van der Waals surface area contributed by atoms with Gasteiger partial charge in [-0.15, -0.1) is 0 Å². The van der Waals surface area contributed by atoms with Crippen LogP contribution in [-0.4, -0.2) is 59.7 Å². The average molecular weight is 458 g/mol. The zero-order valence-corrected chi connectivity index (χ0v) is 19.1. The number of amidine groups is 1. The number of ether oxygens (including phenoxy) is 2. The molecule has 2 aromatic rings. The fraction of sp³-hybridized carbons (Fsp3) is 0.417. The highest BCUT2D eigenvalue weighted by Crippen LogP contribution is 2.39. The summed E-state index contributed by atoms with van der Waals surface area (Å²) in [5, 5.41) is 13.8. The number of aliphatic hydroxyl groups is 1. The first-order valence-corrected chi connectivity index (χ1v) is 11.2. The molecule has 0 amide bonds. The number of piperazine rings is 1. The van der Waals surface area contributed by atoms with Crippen LogP contribution in [-0.2, 0) is 9.53 Å². The van der Waals surface area contributed by atoms with Crippen molar-refractivity contribution in [2.75, 3.05) is 26.2 Å². The zero-order chi connectivity index (χ0) is 22.7. The molecule has 2 aromatic carbocycles. The first-order chi connectivity index (χ1) is 15.3. The summed E-state index contributed by atoms with van der Waals surface area (Å²) >= 11 is 6.21. The van der Waals surface area contributed by atoms with Crippen molar-refractivity contribution < 1.29 is 19.4 Å². The third-order valence-electron chi connectivity index (χ3n) is 5.44. The zero-order valence-electron chi connectivity index (χ0n) is 18.3. The molecule has 1 fully saturated rings. The van der Waals surface area contributed by atoms with Crippen molar-refractivity contribution in [2.24, 2.45) is 4.99 Å². The number of benzene rings is 2. The number of esters is 1. The van der Waals surface area contributed by atoms with Crippen molar-refractivity contribution in [3.05, 3.63) is 53.1 Å². The average Bonchev–Trinajstić information content (AvgIpc) is 2.89. The van der Waals surface area contributed by atoms with Gasteiger partial charge in [0.05, 0.1) is 24.2 Å². The standard InChI is InChI=1S/C24H28ClN3O4/c1-24(2,30)9-12-31-22(29)14-17-15-28(11-10-26-17)23-18-5-3-4-6-20(18)32-21-8-7-16(25)13-19(21)27-23/h3-8,13,17,26,30H,9-12,14-15H2,1-2H3/t17-/m0/s1. The molecule has 0 spiro atoms. The first kappa shape index (κ1) is 22.6. The molecule has 8 heteroatoms. The van der Waals surface area contributed by atoms with Gasteiger partial charge in [0, 0.05) is 37.1 Å². The van der Waals surface area contributed by atoms with Crippen LogP contribution in [0.2, 0.25) is 5.02 Å². The van der Waals surface area contributed by atoms with Crippen LogP contribution in [0.15, 0.2) is 47.5 Å². The molecular formula is C24H28ClN3O4. The van der Waals surface area contributed by atoms with Gasteiger partial charge in [-0.1, -0.05) is 23.7 Å². The van der Waals surface area contributed by atoms with E-state index in [0.29, 0.717) is 36.0 Å². The van der Waals surface area contributed by atoms with Crippen molar-refractivity contribution in [2.45, 2.75) is 38.3 Å². The largest absolute Gasteiger partial charge is 0.466 e. The third-order valence-corrected chi connectivity index (χ3v) is 5.68. The molecule has 4 rings (SSSR count). The number of hydrogen-bond donors (Lipinski definition) is 2. The Balaban J connectivity index is 1.51. The van der Waals surface area contributed by atoms with Gasteiger partial charge in [-0.25, -0.2) is 4.99 Å². The topological polar surface area (TPSA) is 83.4 Å². The van der Waals surface area contributed by atoms with E-state index in [1.165, 1.54) is 0 Å². The lowest BCUT2D eigenvalue weighted by Crippen LogP contribution is -2.53. The summed E-state index contributed by atoms with van der Waals surface area (Å²) < 4.78 is 11.4. The van der Waals surface area contributed by atoms with Gasteiger partial charge in [0.25, 0.3) is 0 Å². The van der Waals surface area contributed by atoms with Gasteiger partial charge < -0.3 is 24.8 Å². The molecule has 2 heterocycles. The van der Waals surface area contributed by atoms with Gasteiger partial charge >= 0.3 is 5.97 Å². The summed E-state index contributed by atoms with van der Waals surface area (Å²) in [4.78, 5) is 19.4. The number of carbonyl (C=O) groups is 1. The van der Waals surface area contributed by atoms with Crippen LogP contribution < -0.4 is 10.1 Å². The SMILES string of the molecule is CC(C)(O)CCOC(=O)C[C@H]1CN(C2=Nc3cc(Cl)ccc3Oc3ccccc32)CCN1. The number of halogens is 1. The first-order valence-electron chi connectivity index (χ1n) is 10.8. The molecule has 0 radical (unpaired) electrons. The highest BCUT2D eigenvalue weighted by molar-refractivity contribution is 6.31. The molecule has 32 heavy (non-hydrogen) atoms. The number of nitrogens with zero attached hydrogens (tertiary/aromatic N) is 2. The lowest BCUT2D eigenvalue weighted by Gasteiger charge is -2.35. The maximum atomic E-state index is 12.3. The van der Waals surface area contributed by atoms with Crippen LogP contribution in [0.1, 0.15) is 32.3 Å². The fourth-order valence-electron chi connectivity index (χ4n) is 3.77. The molecule has 1 atom stereocenters. The van der Waals surface area contributed by atoms with Gasteiger partial charge in [0.15, 0.2) is 5.75 Å². The number of rotatable bonds is 5. The molecule has 0 aromatic heterocycles. The highest BCUT2D eigenvalue weighted by atomic mass is 35.5. The summed E-state index contributed by atoms with van der Waals surface area (Å²) in [5.41, 5.74) is 0.713. The van der Waals surface area contributed by atoms with Crippen molar-refractivity contribution in [1.82, 2.24) is 10.2 Å². The number of carbonyl (C=O) groups excluding carboxylic acids is 1. The Hall–Kier alpha value is -2.61. The lowest BCUT2D eigenvalue weighted by atomic mass is 10.1. The van der Waals surface area contributed by atoms with E-state index >= 15 is 0 Å². The Labute approximate surface area is 193 Å². The van der Waals surface area contributed by atoms with E-state index in [4.69, 9.17) is 26.1 Å². The molecule has 0 bridgehead atoms. The maximum Gasteiger partial charge on any atom is 0.307 e. The van der Waals surface area contributed by atoms with E-state index in [9.17, 15) is 9.90 Å². The molecule has 1 saturated heterocycles. The summed E-state index contributed by atoms with van der Waals surface area (Å²) in [6, 6.07) is 13.1. The van der Waals surface area contributed by atoms with Gasteiger partial charge in [-0.05, 0) is 44.2 Å². The summed E-state index contributed by atoms with van der Waals surface area (Å²) in [6.07, 6.45) is 0.648. The minimum Gasteiger partial charge on any atom is -0.466 e. The predicted molar refractivity (Wildman–Crippen MR) is 124 cm³/mol. The van der Waals surface area contributed by atoms with Crippen LogP contribution >= 0.6 is 11.6 Å². The second kappa shape index (κ2) is 9.48. The molecule has 2 aliphatic heterocycles. The van der Waals surface area contributed by atoms with E-state index in [2.05, 4.69) is 10.2 Å². The molecule has 0 aliphatic carbocycles. The molecule has 2 aliphatic rings. The Bertz CT molecular complexity index is 1020. The van der Waals surface area contributed by atoms with Crippen molar-refractivity contribution in [1.29, 1.82) is 0 Å². The number of aliphatic imine (C=N–C) groups is 1. The van der Waals surface area contributed by atoms with E-state index in [0.717, 1.165) is 23.7 Å². The van der Waals surface area contributed by atoms with E-state index in [-0.39, 0.29) is 25.0 Å². The minimum atomic E-state index is -0.855. The predicted octanol–water partition coefficient (Wildman–Crippen LogP) is 3.89. The van der Waals surface area contributed by atoms with Crippen molar-refractivity contribution in [3.63, 3.8) is 0 Å². The monoisotopic (exact) mass is 457 g/mol. The molecule has 7 nitrogen and oxygen atoms in total. The Morgan fingerprint density at radius 1 is 1.31 bits per heavy atom. The number of para-hydroxylation sites is 1. The summed E-state index contributed by atoms with van der Waals surface area (Å²) in [6.45, 7) is 5.65. The van der Waals surface area contributed by atoms with Crippen LogP contribution in [0.3, 0.4) is 0 Å². The van der Waals surface area contributed by atoms with E-state index < -0.39 is 5.60 Å². The highest BCUT2D eigenvalue weighted by Gasteiger charge is 2.28. The van der Waals surface area contributed by atoms with Crippen LogP contribution in [0, 0.1) is 0 Å². The second-order valence-corrected chi connectivity index (χ2v) is 9.17. The molecule has 170 valence electrons. The van der Waals surface area contributed by atoms with Gasteiger partial charge in [-0.2, -0.15) is 0 Å². The normalized spacial score (nSPS) is 18.1. The quantitative estimate of drug-likeness (QED) is 0.663. The van der Waals surface area contributed by atoms with Crippen molar-refractivity contribution in [3.8, 4) is 11.5 Å². The Kier molecular flexibility index (Phi) is 6.69. The van der Waals surface area contributed by atoms with E-state index in [1.54, 1.807) is 26.0 Å². The second-order valence-electron chi connectivity index (χ2n) is 8.73. The van der Waals surface area contributed by atoms with Crippen molar-refractivity contribution >= 4 is 29.1 Å². The van der Waals surface area contributed by atoms with Gasteiger partial charge in [0.2, 0.25) is 0 Å². The van der Waals surface area contributed by atoms with Crippen LogP contribution in [0.5, 0.6) is 11.5 Å². The molecule has 0 unspecified atom stereocenters. The summed E-state index contributed by atoms with van der Waals surface area (Å²) in [5.74, 6) is 1.90. The maximum absolute atomic E-state index is 12.3. The number of nitrogens with one attached hydrogen (secondary N) is 1. The van der Waals surface area contributed by atoms with Gasteiger partial charge in [-0.3, -0.25) is 4.79 Å². The molecule has 2 N–H and O–H groups in total. The smallest absolute Gasteiger partial charge is 0.307 e. The summed E-state index contributed by atoms with van der Waals surface area (Å²) in [7, 11) is 0. The van der Waals surface area contributed by atoms with E-state index in [1.807, 2.05) is 30.3 Å². The fourth-order valence-corrected chi connectivity index (χ4v) is 3.93. The molecular weight excluding hydrogens is 430 g/mol. The third kappa shape index (κ3) is 5.59. The van der Waals surface area contributed by atoms with Gasteiger partial charge in [0.1, 0.15) is 17.3 Å². The Morgan fingerprint density at radius 3 is 2.94 bits per heavy atom.